The smallest absolute Gasteiger partial charge is 0.239 e. The summed E-state index contributed by atoms with van der Waals surface area (Å²) >= 11 is 6.06. The Bertz CT molecular complexity index is 695. The highest BCUT2D eigenvalue weighted by atomic mass is 35.5. The maximum atomic E-state index is 12.1. The Morgan fingerprint density at radius 3 is 2.08 bits per heavy atom. The number of nitrogens with zero attached hydrogens (tertiary/aromatic N) is 2. The van der Waals surface area contributed by atoms with E-state index in [0.717, 1.165) is 18.1 Å². The normalized spacial score (nSPS) is 18.0. The number of benzene rings is 2. The first kappa shape index (κ1) is 17.9. The van der Waals surface area contributed by atoms with Gasteiger partial charge in [0, 0.05) is 31.2 Å². The van der Waals surface area contributed by atoms with Gasteiger partial charge in [-0.05, 0) is 30.2 Å². The second kappa shape index (κ2) is 8.00. The van der Waals surface area contributed by atoms with Crippen LogP contribution in [0.2, 0.25) is 5.02 Å². The van der Waals surface area contributed by atoms with Crippen LogP contribution < -0.4 is 5.73 Å². The van der Waals surface area contributed by atoms with E-state index >= 15 is 0 Å². The molecule has 1 unspecified atom stereocenters. The van der Waals surface area contributed by atoms with Crippen molar-refractivity contribution in [2.24, 2.45) is 5.73 Å². The van der Waals surface area contributed by atoms with E-state index in [9.17, 15) is 4.79 Å². The van der Waals surface area contributed by atoms with Gasteiger partial charge in [0.05, 0.1) is 12.1 Å². The van der Waals surface area contributed by atoms with Crippen LogP contribution in [-0.2, 0) is 4.79 Å². The Morgan fingerprint density at radius 2 is 1.52 bits per heavy atom. The molecule has 0 radical (unpaired) electrons. The molecule has 3 rings (SSSR count). The van der Waals surface area contributed by atoms with Gasteiger partial charge in [-0.1, -0.05) is 54.1 Å². The second-order valence-electron chi connectivity index (χ2n) is 6.51. The Hall–Kier alpha value is -1.88. The Morgan fingerprint density at radius 1 is 0.960 bits per heavy atom. The van der Waals surface area contributed by atoms with Crippen molar-refractivity contribution in [1.82, 2.24) is 9.80 Å². The molecule has 2 atom stereocenters. The molecule has 0 aliphatic carbocycles. The lowest BCUT2D eigenvalue weighted by Crippen LogP contribution is -2.53. The number of carbonyl (C=O) groups is 1. The van der Waals surface area contributed by atoms with Crippen molar-refractivity contribution in [3.05, 3.63) is 70.7 Å². The van der Waals surface area contributed by atoms with Crippen molar-refractivity contribution in [3.63, 3.8) is 0 Å². The number of halogens is 1. The molecule has 0 aromatic heterocycles. The molecule has 1 aliphatic heterocycles. The molecule has 4 nitrogen and oxygen atoms in total. The fraction of sp³-hybridized carbons (Fsp3) is 0.350. The molecular weight excluding hydrogens is 334 g/mol. The summed E-state index contributed by atoms with van der Waals surface area (Å²) in [5.74, 6) is 0.0300. The molecular formula is C20H24ClN3O. The first-order chi connectivity index (χ1) is 12.1. The average molecular weight is 358 g/mol. The number of nitrogens with two attached hydrogens (primary N) is 1. The monoisotopic (exact) mass is 357 g/mol. The third kappa shape index (κ3) is 4.21. The highest BCUT2D eigenvalue weighted by Gasteiger charge is 2.28. The fourth-order valence-electron chi connectivity index (χ4n) is 3.38. The molecule has 132 valence electrons. The van der Waals surface area contributed by atoms with Gasteiger partial charge >= 0.3 is 0 Å². The summed E-state index contributed by atoms with van der Waals surface area (Å²) in [4.78, 5) is 16.4. The summed E-state index contributed by atoms with van der Waals surface area (Å²) in [6, 6.07) is 18.2. The lowest BCUT2D eigenvalue weighted by Gasteiger charge is -2.40. The van der Waals surface area contributed by atoms with E-state index in [1.165, 1.54) is 11.1 Å². The summed E-state index contributed by atoms with van der Waals surface area (Å²) in [7, 11) is 0. The van der Waals surface area contributed by atoms with E-state index in [-0.39, 0.29) is 11.9 Å². The summed E-state index contributed by atoms with van der Waals surface area (Å²) in [5.41, 5.74) is 8.20. The first-order valence-corrected chi connectivity index (χ1v) is 9.03. The number of hydrogen-bond acceptors (Lipinski definition) is 3. The molecule has 25 heavy (non-hydrogen) atoms. The molecule has 1 fully saturated rings. The highest BCUT2D eigenvalue weighted by molar-refractivity contribution is 6.30. The van der Waals surface area contributed by atoms with Crippen LogP contribution in [-0.4, -0.2) is 47.9 Å². The molecule has 5 heteroatoms. The third-order valence-electron chi connectivity index (χ3n) is 4.68. The van der Waals surface area contributed by atoms with Gasteiger partial charge in [-0.2, -0.15) is 0 Å². The molecule has 2 aromatic carbocycles. The van der Waals surface area contributed by atoms with Crippen molar-refractivity contribution in [1.29, 1.82) is 0 Å². The van der Waals surface area contributed by atoms with Crippen LogP contribution in [0.25, 0.3) is 0 Å². The van der Waals surface area contributed by atoms with Crippen LogP contribution >= 0.6 is 11.6 Å². The lowest BCUT2D eigenvalue weighted by molar-refractivity contribution is -0.134. The molecule has 1 saturated heterocycles. The predicted octanol–water partition coefficient (Wildman–Crippen LogP) is 2.92. The van der Waals surface area contributed by atoms with E-state index in [0.29, 0.717) is 13.1 Å². The molecule has 0 spiro atoms. The summed E-state index contributed by atoms with van der Waals surface area (Å²) < 4.78 is 0. The Labute approximate surface area is 154 Å². The van der Waals surface area contributed by atoms with Crippen molar-refractivity contribution in [2.75, 3.05) is 26.2 Å². The SMILES string of the molecule is C[C@@H](N)C(=O)N1CCN(C(c2ccccc2)c2ccc(Cl)cc2)CC1. The van der Waals surface area contributed by atoms with E-state index in [4.69, 9.17) is 17.3 Å². The molecule has 0 saturated carbocycles. The van der Waals surface area contributed by atoms with Gasteiger partial charge in [-0.15, -0.1) is 0 Å². The highest BCUT2D eigenvalue weighted by Crippen LogP contribution is 2.30. The topological polar surface area (TPSA) is 49.6 Å². The molecule has 0 bridgehead atoms. The second-order valence-corrected chi connectivity index (χ2v) is 6.95. The molecule has 2 aromatic rings. The van der Waals surface area contributed by atoms with E-state index in [2.05, 4.69) is 41.3 Å². The van der Waals surface area contributed by atoms with Crippen molar-refractivity contribution >= 4 is 17.5 Å². The molecule has 1 amide bonds. The Balaban J connectivity index is 1.82. The van der Waals surface area contributed by atoms with Gasteiger partial charge in [-0.3, -0.25) is 9.69 Å². The maximum absolute atomic E-state index is 12.1. The van der Waals surface area contributed by atoms with Gasteiger partial charge < -0.3 is 10.6 Å². The quantitative estimate of drug-likeness (QED) is 0.915. The summed E-state index contributed by atoms with van der Waals surface area (Å²) in [6.45, 7) is 4.80. The van der Waals surface area contributed by atoms with Crippen LogP contribution in [0.3, 0.4) is 0 Å². The predicted molar refractivity (Wildman–Crippen MR) is 102 cm³/mol. The lowest BCUT2D eigenvalue weighted by atomic mass is 9.96. The van der Waals surface area contributed by atoms with Crippen LogP contribution in [0.4, 0.5) is 0 Å². The number of hydrogen-bond donors (Lipinski definition) is 1. The van der Waals surface area contributed by atoms with Gasteiger partial charge in [0.2, 0.25) is 5.91 Å². The molecule has 2 N–H and O–H groups in total. The first-order valence-electron chi connectivity index (χ1n) is 8.65. The molecule has 1 aliphatic rings. The zero-order valence-corrected chi connectivity index (χ0v) is 15.2. The van der Waals surface area contributed by atoms with Crippen LogP contribution in [0, 0.1) is 0 Å². The number of carbonyl (C=O) groups excluding carboxylic acids is 1. The minimum Gasteiger partial charge on any atom is -0.339 e. The van der Waals surface area contributed by atoms with Gasteiger partial charge in [0.25, 0.3) is 0 Å². The summed E-state index contributed by atoms with van der Waals surface area (Å²) in [6.07, 6.45) is 0. The van der Waals surface area contributed by atoms with Crippen molar-refractivity contribution in [3.8, 4) is 0 Å². The van der Waals surface area contributed by atoms with Crippen LogP contribution in [0.1, 0.15) is 24.1 Å². The zero-order valence-electron chi connectivity index (χ0n) is 14.4. The third-order valence-corrected chi connectivity index (χ3v) is 4.93. The Kier molecular flexibility index (Phi) is 5.74. The standard InChI is InChI=1S/C20H24ClN3O/c1-15(22)20(25)24-13-11-23(12-14-24)19(16-5-3-2-4-6-16)17-7-9-18(21)10-8-17/h2-10,15,19H,11-14,22H2,1H3/t15-,19?/m1/s1. The van der Waals surface area contributed by atoms with Gasteiger partial charge in [0.1, 0.15) is 0 Å². The minimum absolute atomic E-state index is 0.0300. The summed E-state index contributed by atoms with van der Waals surface area (Å²) in [5, 5.41) is 0.739. The van der Waals surface area contributed by atoms with Crippen molar-refractivity contribution in [2.45, 2.75) is 19.0 Å². The maximum Gasteiger partial charge on any atom is 0.239 e. The van der Waals surface area contributed by atoms with Crippen LogP contribution in [0.15, 0.2) is 54.6 Å². The number of rotatable bonds is 4. The number of amides is 1. The van der Waals surface area contributed by atoms with Crippen LogP contribution in [0.5, 0.6) is 0 Å². The number of piperazine rings is 1. The van der Waals surface area contributed by atoms with E-state index in [1.54, 1.807) is 6.92 Å². The largest absolute Gasteiger partial charge is 0.339 e. The fourth-order valence-corrected chi connectivity index (χ4v) is 3.51. The van der Waals surface area contributed by atoms with Crippen molar-refractivity contribution < 1.29 is 4.79 Å². The average Bonchev–Trinajstić information content (AvgIpc) is 2.64. The zero-order chi connectivity index (χ0) is 17.8. The van der Waals surface area contributed by atoms with Gasteiger partial charge in [0.15, 0.2) is 0 Å². The van der Waals surface area contributed by atoms with E-state index < -0.39 is 6.04 Å². The molecule has 1 heterocycles. The minimum atomic E-state index is -0.437. The van der Waals surface area contributed by atoms with E-state index in [1.807, 2.05) is 23.1 Å². The van der Waals surface area contributed by atoms with Gasteiger partial charge in [-0.25, -0.2) is 0 Å².